The van der Waals surface area contributed by atoms with E-state index >= 15 is 0 Å². The van der Waals surface area contributed by atoms with Crippen molar-refractivity contribution in [2.24, 2.45) is 0 Å². The van der Waals surface area contributed by atoms with Gasteiger partial charge in [-0.15, -0.1) is 0 Å². The van der Waals surface area contributed by atoms with Crippen molar-refractivity contribution >= 4 is 14.4 Å². The molecule has 88 valence electrons. The molecule has 1 aromatic rings. The third kappa shape index (κ3) is 5.28. The molecule has 0 N–H and O–H groups in total. The molecular weight excluding hydrogens is 212 g/mol. The normalized spacial score (nSPS) is 12.2. The molecule has 0 bridgehead atoms. The molecule has 0 atom stereocenters. The fourth-order valence-corrected chi connectivity index (χ4v) is 3.47. The van der Waals surface area contributed by atoms with Crippen molar-refractivity contribution in [1.82, 2.24) is 0 Å². The van der Waals surface area contributed by atoms with E-state index in [1.165, 1.54) is 11.6 Å². The number of benzene rings is 1. The molecule has 0 spiro atoms. The van der Waals surface area contributed by atoms with Crippen LogP contribution in [0.2, 0.25) is 19.1 Å². The van der Waals surface area contributed by atoms with Crippen molar-refractivity contribution in [3.05, 3.63) is 42.0 Å². The zero-order valence-corrected chi connectivity index (χ0v) is 11.6. The van der Waals surface area contributed by atoms with Gasteiger partial charge in [0.1, 0.15) is 0 Å². The highest BCUT2D eigenvalue weighted by Crippen LogP contribution is 2.14. The minimum absolute atomic E-state index is 0.849. The van der Waals surface area contributed by atoms with Crippen molar-refractivity contribution in [3.63, 3.8) is 0 Å². The van der Waals surface area contributed by atoms with E-state index in [0.29, 0.717) is 0 Å². The van der Waals surface area contributed by atoms with Gasteiger partial charge in [-0.1, -0.05) is 42.5 Å². The van der Waals surface area contributed by atoms with Crippen LogP contribution < -0.4 is 0 Å². The molecular formula is C14H22OSi. The van der Waals surface area contributed by atoms with E-state index in [2.05, 4.69) is 56.4 Å². The third-order valence-corrected chi connectivity index (χ3v) is 5.12. The van der Waals surface area contributed by atoms with Crippen LogP contribution in [0.3, 0.4) is 0 Å². The number of rotatable bonds is 6. The highest BCUT2D eigenvalue weighted by Gasteiger charge is 2.19. The molecule has 1 nitrogen and oxygen atoms in total. The van der Waals surface area contributed by atoms with Gasteiger partial charge in [0.15, 0.2) is 8.32 Å². The Kier molecular flexibility index (Phi) is 5.50. The van der Waals surface area contributed by atoms with E-state index in [1.54, 1.807) is 0 Å². The van der Waals surface area contributed by atoms with Crippen LogP contribution in [-0.2, 0) is 4.43 Å². The van der Waals surface area contributed by atoms with Crippen LogP contribution in [0.5, 0.6) is 0 Å². The second-order valence-corrected chi connectivity index (χ2v) is 8.85. The van der Waals surface area contributed by atoms with E-state index in [1.807, 2.05) is 6.07 Å². The predicted molar refractivity (Wildman–Crippen MR) is 74.0 cm³/mol. The molecule has 0 aromatic heterocycles. The SMILES string of the molecule is CCO[Si](C)(C)CCC=Cc1ccccc1. The monoisotopic (exact) mass is 234 g/mol. The van der Waals surface area contributed by atoms with Gasteiger partial charge in [-0.05, 0) is 38.0 Å². The Balaban J connectivity index is 2.33. The van der Waals surface area contributed by atoms with Gasteiger partial charge in [-0.2, -0.15) is 0 Å². The van der Waals surface area contributed by atoms with Crippen LogP contribution in [0.25, 0.3) is 6.08 Å². The molecule has 0 unspecified atom stereocenters. The first kappa shape index (κ1) is 13.2. The number of allylic oxidation sites excluding steroid dienone is 1. The molecule has 0 aliphatic heterocycles. The number of hydrogen-bond acceptors (Lipinski definition) is 1. The Bertz CT molecular complexity index is 317. The largest absolute Gasteiger partial charge is 0.418 e. The van der Waals surface area contributed by atoms with Crippen molar-refractivity contribution in [2.75, 3.05) is 6.61 Å². The van der Waals surface area contributed by atoms with Crippen LogP contribution >= 0.6 is 0 Å². The molecule has 0 aliphatic rings. The van der Waals surface area contributed by atoms with E-state index in [4.69, 9.17) is 4.43 Å². The van der Waals surface area contributed by atoms with Crippen LogP contribution in [0, 0.1) is 0 Å². The zero-order chi connectivity index (χ0) is 11.9. The summed E-state index contributed by atoms with van der Waals surface area (Å²) >= 11 is 0. The van der Waals surface area contributed by atoms with Gasteiger partial charge in [0.2, 0.25) is 0 Å². The average molecular weight is 234 g/mol. The van der Waals surface area contributed by atoms with Crippen molar-refractivity contribution < 1.29 is 4.43 Å². The van der Waals surface area contributed by atoms with E-state index in [9.17, 15) is 0 Å². The van der Waals surface area contributed by atoms with E-state index in [0.717, 1.165) is 13.0 Å². The summed E-state index contributed by atoms with van der Waals surface area (Å²) in [6.07, 6.45) is 5.56. The maximum Gasteiger partial charge on any atom is 0.186 e. The molecule has 0 saturated heterocycles. The lowest BCUT2D eigenvalue weighted by molar-refractivity contribution is 0.329. The minimum atomic E-state index is -1.39. The highest BCUT2D eigenvalue weighted by atomic mass is 28.4. The molecule has 0 heterocycles. The summed E-state index contributed by atoms with van der Waals surface area (Å²) < 4.78 is 5.79. The lowest BCUT2D eigenvalue weighted by Gasteiger charge is -2.20. The first-order chi connectivity index (χ1) is 7.64. The van der Waals surface area contributed by atoms with Gasteiger partial charge in [0.05, 0.1) is 0 Å². The van der Waals surface area contributed by atoms with Gasteiger partial charge < -0.3 is 4.43 Å². The van der Waals surface area contributed by atoms with Crippen LogP contribution in [0.4, 0.5) is 0 Å². The van der Waals surface area contributed by atoms with Crippen LogP contribution in [0.15, 0.2) is 36.4 Å². The fraction of sp³-hybridized carbons (Fsp3) is 0.429. The van der Waals surface area contributed by atoms with Crippen molar-refractivity contribution in [3.8, 4) is 0 Å². The first-order valence-corrected chi connectivity index (χ1v) is 9.11. The smallest absolute Gasteiger partial charge is 0.186 e. The van der Waals surface area contributed by atoms with Crippen LogP contribution in [-0.4, -0.2) is 14.9 Å². The van der Waals surface area contributed by atoms with Gasteiger partial charge >= 0.3 is 0 Å². The average Bonchev–Trinajstić information content (AvgIpc) is 2.26. The summed E-state index contributed by atoms with van der Waals surface area (Å²) in [5.41, 5.74) is 1.28. The Morgan fingerprint density at radius 2 is 1.88 bits per heavy atom. The summed E-state index contributed by atoms with van der Waals surface area (Å²) in [7, 11) is -1.39. The second kappa shape index (κ2) is 6.66. The van der Waals surface area contributed by atoms with Crippen molar-refractivity contribution in [2.45, 2.75) is 32.5 Å². The lowest BCUT2D eigenvalue weighted by atomic mass is 10.2. The summed E-state index contributed by atoms with van der Waals surface area (Å²) in [6.45, 7) is 7.50. The molecule has 0 aliphatic carbocycles. The standard InChI is InChI=1S/C14H22OSi/c1-4-15-16(2,3)13-9-8-12-14-10-6-5-7-11-14/h5-8,10-12H,4,9,13H2,1-3H3. The summed E-state index contributed by atoms with van der Waals surface area (Å²) in [6, 6.07) is 11.6. The Labute approximate surface area is 100 Å². The Hall–Kier alpha value is -0.863. The van der Waals surface area contributed by atoms with E-state index in [-0.39, 0.29) is 0 Å². The van der Waals surface area contributed by atoms with Gasteiger partial charge in [-0.25, -0.2) is 0 Å². The quantitative estimate of drug-likeness (QED) is 0.666. The molecule has 1 aromatic carbocycles. The maximum atomic E-state index is 5.79. The molecule has 0 radical (unpaired) electrons. The van der Waals surface area contributed by atoms with Gasteiger partial charge in [0, 0.05) is 6.61 Å². The minimum Gasteiger partial charge on any atom is -0.418 e. The first-order valence-electron chi connectivity index (χ1n) is 5.99. The molecule has 2 heteroatoms. The molecule has 16 heavy (non-hydrogen) atoms. The fourth-order valence-electron chi connectivity index (χ4n) is 1.68. The van der Waals surface area contributed by atoms with Crippen LogP contribution in [0.1, 0.15) is 18.9 Å². The van der Waals surface area contributed by atoms with Crippen molar-refractivity contribution in [1.29, 1.82) is 0 Å². The third-order valence-electron chi connectivity index (χ3n) is 2.56. The van der Waals surface area contributed by atoms with Gasteiger partial charge in [-0.3, -0.25) is 0 Å². The number of hydrogen-bond donors (Lipinski definition) is 0. The molecule has 0 saturated carbocycles. The predicted octanol–water partition coefficient (Wildman–Crippen LogP) is 4.33. The molecule has 0 amide bonds. The summed E-state index contributed by atoms with van der Waals surface area (Å²) in [5.74, 6) is 0. The molecule has 1 rings (SSSR count). The maximum absolute atomic E-state index is 5.79. The second-order valence-electron chi connectivity index (χ2n) is 4.54. The summed E-state index contributed by atoms with van der Waals surface area (Å²) in [4.78, 5) is 0. The highest BCUT2D eigenvalue weighted by molar-refractivity contribution is 6.71. The summed E-state index contributed by atoms with van der Waals surface area (Å²) in [5, 5.41) is 0. The lowest BCUT2D eigenvalue weighted by Crippen LogP contribution is -2.29. The Morgan fingerprint density at radius 3 is 2.50 bits per heavy atom. The topological polar surface area (TPSA) is 9.23 Å². The zero-order valence-electron chi connectivity index (χ0n) is 10.6. The molecule has 0 fully saturated rings. The van der Waals surface area contributed by atoms with Gasteiger partial charge in [0.25, 0.3) is 0 Å². The van der Waals surface area contributed by atoms with E-state index < -0.39 is 8.32 Å². The Morgan fingerprint density at radius 1 is 1.19 bits per heavy atom.